The Bertz CT molecular complexity index is 1030. The molecule has 4 rings (SSSR count). The van der Waals surface area contributed by atoms with E-state index < -0.39 is 4.92 Å². The number of carbonyl (C=O) groups is 1. The summed E-state index contributed by atoms with van der Waals surface area (Å²) in [5.74, 6) is 0.731. The zero-order valence-electron chi connectivity index (χ0n) is 16.5. The molecule has 2 aromatic carbocycles. The lowest BCUT2D eigenvalue weighted by Crippen LogP contribution is -2.49. The van der Waals surface area contributed by atoms with E-state index in [2.05, 4.69) is 17.1 Å². The van der Waals surface area contributed by atoms with Crippen molar-refractivity contribution in [3.63, 3.8) is 0 Å². The van der Waals surface area contributed by atoms with Gasteiger partial charge in [0, 0.05) is 37.8 Å². The Labute approximate surface area is 174 Å². The number of carbonyl (C=O) groups excluding carboxylic acids is 1. The van der Waals surface area contributed by atoms with Crippen molar-refractivity contribution in [2.45, 2.75) is 6.42 Å². The monoisotopic (exact) mass is 402 g/mol. The van der Waals surface area contributed by atoms with Crippen molar-refractivity contribution in [2.24, 2.45) is 0 Å². The summed E-state index contributed by atoms with van der Waals surface area (Å²) in [6.45, 7) is 2.43. The lowest BCUT2D eigenvalue weighted by Gasteiger charge is -2.35. The van der Waals surface area contributed by atoms with Crippen LogP contribution in [0.5, 0.6) is 0 Å². The zero-order valence-corrected chi connectivity index (χ0v) is 16.5. The van der Waals surface area contributed by atoms with Gasteiger partial charge in [-0.15, -0.1) is 0 Å². The van der Waals surface area contributed by atoms with Gasteiger partial charge in [0.1, 0.15) is 12.0 Å². The molecule has 7 nitrogen and oxygen atoms in total. The molecular formula is C23H22N4O3. The number of benzene rings is 2. The van der Waals surface area contributed by atoms with Gasteiger partial charge >= 0.3 is 0 Å². The van der Waals surface area contributed by atoms with Gasteiger partial charge in [-0.3, -0.25) is 14.9 Å². The lowest BCUT2D eigenvalue weighted by atomic mass is 9.99. The number of nitrogens with zero attached hydrogens (tertiary/aromatic N) is 4. The van der Waals surface area contributed by atoms with Crippen LogP contribution in [0.4, 0.5) is 11.5 Å². The Kier molecular flexibility index (Phi) is 5.70. The van der Waals surface area contributed by atoms with Crippen LogP contribution in [0.3, 0.4) is 0 Å². The van der Waals surface area contributed by atoms with Crippen molar-refractivity contribution in [3.8, 4) is 0 Å². The van der Waals surface area contributed by atoms with Crippen molar-refractivity contribution in [3.05, 3.63) is 99.7 Å². The minimum absolute atomic E-state index is 0.0254. The fraction of sp³-hybridized carbons (Fsp3) is 0.217. The second kappa shape index (κ2) is 8.73. The SMILES string of the molecule is O=C(c1ccccc1Cc1ccccc1)N1CCN(c2ccc([N+](=O)[O-])cn2)CC1. The third kappa shape index (κ3) is 4.30. The highest BCUT2D eigenvalue weighted by molar-refractivity contribution is 5.96. The van der Waals surface area contributed by atoms with Crippen molar-refractivity contribution < 1.29 is 9.72 Å². The summed E-state index contributed by atoms with van der Waals surface area (Å²) in [5, 5.41) is 10.8. The zero-order chi connectivity index (χ0) is 20.9. The van der Waals surface area contributed by atoms with E-state index in [0.717, 1.165) is 17.5 Å². The molecule has 7 heteroatoms. The number of aromatic nitrogens is 1. The minimum atomic E-state index is -0.458. The van der Waals surface area contributed by atoms with Crippen molar-refractivity contribution >= 4 is 17.4 Å². The number of piperazine rings is 1. The molecule has 0 spiro atoms. The van der Waals surface area contributed by atoms with Crippen molar-refractivity contribution in [1.82, 2.24) is 9.88 Å². The van der Waals surface area contributed by atoms with Gasteiger partial charge in [-0.25, -0.2) is 4.98 Å². The summed E-state index contributed by atoms with van der Waals surface area (Å²) in [6, 6.07) is 21.0. The van der Waals surface area contributed by atoms with Crippen LogP contribution in [0, 0.1) is 10.1 Å². The molecule has 0 unspecified atom stereocenters. The summed E-state index contributed by atoms with van der Waals surface area (Å²) in [4.78, 5) is 31.6. The minimum Gasteiger partial charge on any atom is -0.353 e. The van der Waals surface area contributed by atoms with E-state index in [9.17, 15) is 14.9 Å². The Hall–Kier alpha value is -3.74. The summed E-state index contributed by atoms with van der Waals surface area (Å²) >= 11 is 0. The molecular weight excluding hydrogens is 380 g/mol. The number of hydrogen-bond acceptors (Lipinski definition) is 5. The predicted molar refractivity (Wildman–Crippen MR) is 115 cm³/mol. The van der Waals surface area contributed by atoms with Crippen LogP contribution in [0.25, 0.3) is 0 Å². The molecule has 1 amide bonds. The summed E-state index contributed by atoms with van der Waals surface area (Å²) in [5.41, 5.74) is 2.91. The molecule has 0 radical (unpaired) electrons. The van der Waals surface area contributed by atoms with Crippen LogP contribution in [-0.2, 0) is 6.42 Å². The van der Waals surface area contributed by atoms with E-state index in [4.69, 9.17) is 0 Å². The maximum atomic E-state index is 13.2. The summed E-state index contributed by atoms with van der Waals surface area (Å²) < 4.78 is 0. The van der Waals surface area contributed by atoms with Gasteiger partial charge < -0.3 is 9.80 Å². The number of pyridine rings is 1. The van der Waals surface area contributed by atoms with E-state index in [0.29, 0.717) is 32.0 Å². The van der Waals surface area contributed by atoms with E-state index >= 15 is 0 Å². The Morgan fingerprint density at radius 3 is 2.30 bits per heavy atom. The smallest absolute Gasteiger partial charge is 0.287 e. The Morgan fingerprint density at radius 2 is 1.63 bits per heavy atom. The molecule has 1 aliphatic heterocycles. The highest BCUT2D eigenvalue weighted by atomic mass is 16.6. The van der Waals surface area contributed by atoms with Gasteiger partial charge in [0.15, 0.2) is 0 Å². The van der Waals surface area contributed by atoms with Gasteiger partial charge in [-0.1, -0.05) is 48.5 Å². The average Bonchev–Trinajstić information content (AvgIpc) is 2.80. The highest BCUT2D eigenvalue weighted by Gasteiger charge is 2.24. The van der Waals surface area contributed by atoms with Crippen LogP contribution in [0.1, 0.15) is 21.5 Å². The molecule has 0 N–H and O–H groups in total. The Morgan fingerprint density at radius 1 is 0.933 bits per heavy atom. The normalized spacial score (nSPS) is 13.9. The molecule has 0 saturated carbocycles. The highest BCUT2D eigenvalue weighted by Crippen LogP contribution is 2.20. The molecule has 2 heterocycles. The first kappa shape index (κ1) is 19.6. The maximum Gasteiger partial charge on any atom is 0.287 e. The molecule has 1 aromatic heterocycles. The van der Waals surface area contributed by atoms with E-state index in [1.165, 1.54) is 17.8 Å². The maximum absolute atomic E-state index is 13.2. The van der Waals surface area contributed by atoms with E-state index in [-0.39, 0.29) is 11.6 Å². The van der Waals surface area contributed by atoms with Gasteiger partial charge in [-0.2, -0.15) is 0 Å². The van der Waals surface area contributed by atoms with Gasteiger partial charge in [0.2, 0.25) is 0 Å². The van der Waals surface area contributed by atoms with Crippen LogP contribution >= 0.6 is 0 Å². The first-order valence-corrected chi connectivity index (χ1v) is 9.88. The number of amides is 1. The van der Waals surface area contributed by atoms with Crippen molar-refractivity contribution in [1.29, 1.82) is 0 Å². The molecule has 30 heavy (non-hydrogen) atoms. The van der Waals surface area contributed by atoms with Crippen LogP contribution in [0.15, 0.2) is 72.9 Å². The van der Waals surface area contributed by atoms with Crippen LogP contribution in [-0.4, -0.2) is 46.9 Å². The third-order valence-corrected chi connectivity index (χ3v) is 5.32. The predicted octanol–water partition coefficient (Wildman–Crippen LogP) is 3.54. The topological polar surface area (TPSA) is 79.6 Å². The molecule has 0 atom stereocenters. The molecule has 1 fully saturated rings. The number of anilines is 1. The average molecular weight is 402 g/mol. The second-order valence-electron chi connectivity index (χ2n) is 7.23. The first-order chi connectivity index (χ1) is 14.6. The fourth-order valence-electron chi connectivity index (χ4n) is 3.68. The molecule has 1 aliphatic rings. The quantitative estimate of drug-likeness (QED) is 0.482. The Balaban J connectivity index is 1.43. The molecule has 0 bridgehead atoms. The first-order valence-electron chi connectivity index (χ1n) is 9.88. The van der Waals surface area contributed by atoms with E-state index in [1.807, 2.05) is 52.3 Å². The lowest BCUT2D eigenvalue weighted by molar-refractivity contribution is -0.385. The third-order valence-electron chi connectivity index (χ3n) is 5.32. The molecule has 0 aliphatic carbocycles. The standard InChI is InChI=1S/C23H22N4O3/c28-23(21-9-5-4-8-19(21)16-18-6-2-1-3-7-18)26-14-12-25(13-15-26)22-11-10-20(17-24-22)27(29)30/h1-11,17H,12-16H2. The van der Waals surface area contributed by atoms with Gasteiger partial charge in [0.25, 0.3) is 11.6 Å². The number of rotatable bonds is 5. The largest absolute Gasteiger partial charge is 0.353 e. The number of hydrogen-bond donors (Lipinski definition) is 0. The summed E-state index contributed by atoms with van der Waals surface area (Å²) in [7, 11) is 0. The molecule has 152 valence electrons. The number of nitro groups is 1. The summed E-state index contributed by atoms with van der Waals surface area (Å²) in [6.07, 6.45) is 1.99. The van der Waals surface area contributed by atoms with Gasteiger partial charge in [-0.05, 0) is 29.7 Å². The molecule has 1 saturated heterocycles. The van der Waals surface area contributed by atoms with Crippen molar-refractivity contribution in [2.75, 3.05) is 31.1 Å². The second-order valence-corrected chi connectivity index (χ2v) is 7.23. The van der Waals surface area contributed by atoms with Crippen LogP contribution < -0.4 is 4.90 Å². The van der Waals surface area contributed by atoms with Gasteiger partial charge in [0.05, 0.1) is 4.92 Å². The van der Waals surface area contributed by atoms with E-state index in [1.54, 1.807) is 6.07 Å². The molecule has 3 aromatic rings. The van der Waals surface area contributed by atoms with Crippen LogP contribution in [0.2, 0.25) is 0 Å². The fourth-order valence-corrected chi connectivity index (χ4v) is 3.68.